The largest absolute Gasteiger partial charge is 0.478 e. The number of unbranched alkanes of at least 4 members (excludes halogenated alkanes) is 5. The first kappa shape index (κ1) is 20.9. The van der Waals surface area contributed by atoms with Gasteiger partial charge in [0.2, 0.25) is 10.0 Å². The molecule has 27 heavy (non-hydrogen) atoms. The van der Waals surface area contributed by atoms with Crippen LogP contribution in [-0.4, -0.2) is 30.2 Å². The Morgan fingerprint density at radius 2 is 1.81 bits per heavy atom. The van der Waals surface area contributed by atoms with Crippen molar-refractivity contribution in [2.75, 3.05) is 10.5 Å². The van der Waals surface area contributed by atoms with E-state index in [0.29, 0.717) is 12.0 Å². The number of carboxylic acids is 1. The summed E-state index contributed by atoms with van der Waals surface area (Å²) in [5.41, 5.74) is 1.49. The van der Waals surface area contributed by atoms with E-state index in [0.717, 1.165) is 37.7 Å². The molecule has 0 unspecified atom stereocenters. The van der Waals surface area contributed by atoms with Crippen LogP contribution in [0.2, 0.25) is 0 Å². The van der Waals surface area contributed by atoms with Crippen LogP contribution in [0.25, 0.3) is 11.1 Å². The maximum absolute atomic E-state index is 12.4. The molecule has 0 amide bonds. The number of aromatic nitrogens is 1. The van der Waals surface area contributed by atoms with Gasteiger partial charge in [0.1, 0.15) is 0 Å². The molecule has 0 radical (unpaired) electrons. The molecule has 1 aromatic carbocycles. The Bertz CT molecular complexity index is 852. The van der Waals surface area contributed by atoms with Crippen LogP contribution in [0.1, 0.15) is 55.8 Å². The minimum atomic E-state index is -3.61. The number of hydrogen-bond donors (Lipinski definition) is 2. The van der Waals surface area contributed by atoms with Crippen molar-refractivity contribution < 1.29 is 18.3 Å². The summed E-state index contributed by atoms with van der Waals surface area (Å²) in [5, 5.41) is 9.37. The lowest BCUT2D eigenvalue weighted by molar-refractivity contribution is 0.0698. The van der Waals surface area contributed by atoms with Gasteiger partial charge in [-0.15, -0.1) is 0 Å². The minimum absolute atomic E-state index is 0.0185. The van der Waals surface area contributed by atoms with Crippen LogP contribution in [0, 0.1) is 0 Å². The van der Waals surface area contributed by atoms with Gasteiger partial charge in [0, 0.05) is 18.0 Å². The third-order valence-electron chi connectivity index (χ3n) is 4.28. The second-order valence-corrected chi connectivity index (χ2v) is 8.34. The fraction of sp³-hybridized carbons (Fsp3) is 0.400. The van der Waals surface area contributed by atoms with Crippen molar-refractivity contribution in [3.05, 3.63) is 48.3 Å². The van der Waals surface area contributed by atoms with E-state index in [2.05, 4.69) is 16.6 Å². The molecule has 1 aromatic heterocycles. The summed E-state index contributed by atoms with van der Waals surface area (Å²) in [4.78, 5) is 15.5. The van der Waals surface area contributed by atoms with Crippen molar-refractivity contribution in [1.82, 2.24) is 4.98 Å². The van der Waals surface area contributed by atoms with E-state index in [1.165, 1.54) is 6.07 Å². The third-order valence-corrected chi connectivity index (χ3v) is 5.63. The van der Waals surface area contributed by atoms with Crippen molar-refractivity contribution in [1.29, 1.82) is 0 Å². The van der Waals surface area contributed by atoms with Crippen LogP contribution in [-0.2, 0) is 10.0 Å². The molecule has 0 atom stereocenters. The Hall–Kier alpha value is -2.41. The highest BCUT2D eigenvalue weighted by Crippen LogP contribution is 2.26. The Kier molecular flexibility index (Phi) is 7.79. The molecule has 0 aliphatic rings. The summed E-state index contributed by atoms with van der Waals surface area (Å²) in [6.07, 6.45) is 9.12. The van der Waals surface area contributed by atoms with Gasteiger partial charge >= 0.3 is 5.97 Å². The Balaban J connectivity index is 2.12. The minimum Gasteiger partial charge on any atom is -0.478 e. The second-order valence-electron chi connectivity index (χ2n) is 6.50. The fourth-order valence-electron chi connectivity index (χ4n) is 2.82. The van der Waals surface area contributed by atoms with E-state index in [9.17, 15) is 18.3 Å². The molecule has 2 aromatic rings. The van der Waals surface area contributed by atoms with Gasteiger partial charge in [-0.2, -0.15) is 0 Å². The maximum Gasteiger partial charge on any atom is 0.337 e. The van der Waals surface area contributed by atoms with E-state index in [4.69, 9.17) is 0 Å². The normalized spacial score (nSPS) is 11.3. The van der Waals surface area contributed by atoms with Crippen LogP contribution in [0.4, 0.5) is 5.69 Å². The number of carboxylic acid groups (broad SMARTS) is 1. The number of nitrogens with one attached hydrogen (secondary N) is 1. The number of benzene rings is 1. The van der Waals surface area contributed by atoms with Crippen molar-refractivity contribution in [3.8, 4) is 11.1 Å². The molecule has 0 saturated heterocycles. The zero-order valence-electron chi connectivity index (χ0n) is 15.5. The molecule has 0 aliphatic heterocycles. The maximum atomic E-state index is 12.4. The lowest BCUT2D eigenvalue weighted by Gasteiger charge is -2.12. The SMILES string of the molecule is CCCCCCCCS(=O)(=O)Nc1cc(-c2cccnc2)ccc1C(=O)O. The van der Waals surface area contributed by atoms with Gasteiger partial charge in [-0.05, 0) is 30.2 Å². The molecule has 0 spiro atoms. The lowest BCUT2D eigenvalue weighted by Crippen LogP contribution is -2.18. The van der Waals surface area contributed by atoms with Gasteiger partial charge in [-0.25, -0.2) is 13.2 Å². The zero-order valence-corrected chi connectivity index (χ0v) is 16.3. The van der Waals surface area contributed by atoms with Crippen LogP contribution in [0.15, 0.2) is 42.7 Å². The number of nitrogens with zero attached hydrogens (tertiary/aromatic N) is 1. The zero-order chi connectivity index (χ0) is 19.7. The highest BCUT2D eigenvalue weighted by molar-refractivity contribution is 7.92. The average Bonchev–Trinajstić information content (AvgIpc) is 2.64. The van der Waals surface area contributed by atoms with Crippen molar-refractivity contribution >= 4 is 21.7 Å². The van der Waals surface area contributed by atoms with Gasteiger partial charge in [0.05, 0.1) is 17.0 Å². The molecule has 0 saturated carbocycles. The molecular formula is C20H26N2O4S. The van der Waals surface area contributed by atoms with Crippen LogP contribution in [0.3, 0.4) is 0 Å². The van der Waals surface area contributed by atoms with Gasteiger partial charge in [-0.1, -0.05) is 51.2 Å². The summed E-state index contributed by atoms with van der Waals surface area (Å²) < 4.78 is 27.2. The lowest BCUT2D eigenvalue weighted by atomic mass is 10.0. The predicted molar refractivity (Wildman–Crippen MR) is 107 cm³/mol. The number of sulfonamides is 1. The molecule has 6 nitrogen and oxygen atoms in total. The van der Waals surface area contributed by atoms with Crippen LogP contribution < -0.4 is 4.72 Å². The Morgan fingerprint density at radius 3 is 2.48 bits per heavy atom. The van der Waals surface area contributed by atoms with E-state index >= 15 is 0 Å². The summed E-state index contributed by atoms with van der Waals surface area (Å²) in [6, 6.07) is 8.19. The summed E-state index contributed by atoms with van der Waals surface area (Å²) in [5.74, 6) is -1.19. The third kappa shape index (κ3) is 6.67. The number of hydrogen-bond acceptors (Lipinski definition) is 4. The second kappa shape index (κ2) is 10.1. The summed E-state index contributed by atoms with van der Waals surface area (Å²) in [6.45, 7) is 2.13. The molecule has 2 rings (SSSR count). The number of anilines is 1. The van der Waals surface area contributed by atoms with E-state index in [1.807, 2.05) is 6.07 Å². The molecule has 146 valence electrons. The van der Waals surface area contributed by atoms with Gasteiger partial charge < -0.3 is 5.11 Å². The standard InChI is InChI=1S/C20H26N2O4S/c1-2-3-4-5-6-7-13-27(25,26)22-19-14-16(10-11-18(19)20(23)24)17-9-8-12-21-15-17/h8-12,14-15,22H,2-7,13H2,1H3,(H,23,24). The highest BCUT2D eigenvalue weighted by atomic mass is 32.2. The smallest absolute Gasteiger partial charge is 0.337 e. The van der Waals surface area contributed by atoms with E-state index < -0.39 is 16.0 Å². The van der Waals surface area contributed by atoms with Crippen molar-refractivity contribution in [2.45, 2.75) is 45.4 Å². The number of pyridine rings is 1. The topological polar surface area (TPSA) is 96.4 Å². The van der Waals surface area contributed by atoms with Gasteiger partial charge in [-0.3, -0.25) is 9.71 Å². The van der Waals surface area contributed by atoms with Crippen molar-refractivity contribution in [3.63, 3.8) is 0 Å². The highest BCUT2D eigenvalue weighted by Gasteiger charge is 2.17. The summed E-state index contributed by atoms with van der Waals surface area (Å²) in [7, 11) is -3.61. The number of rotatable bonds is 11. The predicted octanol–water partition coefficient (Wildman–Crippen LogP) is 4.55. The Labute approximate surface area is 160 Å². The molecule has 2 N–H and O–H groups in total. The fourth-order valence-corrected chi connectivity index (χ4v) is 4.01. The average molecular weight is 391 g/mol. The van der Waals surface area contributed by atoms with Crippen molar-refractivity contribution in [2.24, 2.45) is 0 Å². The first-order valence-electron chi connectivity index (χ1n) is 9.21. The molecule has 1 heterocycles. The first-order valence-corrected chi connectivity index (χ1v) is 10.9. The molecule has 7 heteroatoms. The molecule has 0 fully saturated rings. The van der Waals surface area contributed by atoms with Crippen LogP contribution in [0.5, 0.6) is 0 Å². The van der Waals surface area contributed by atoms with E-state index in [1.54, 1.807) is 30.6 Å². The quantitative estimate of drug-likeness (QED) is 0.549. The summed E-state index contributed by atoms with van der Waals surface area (Å²) >= 11 is 0. The van der Waals surface area contributed by atoms with E-state index in [-0.39, 0.29) is 17.0 Å². The van der Waals surface area contributed by atoms with Crippen LogP contribution >= 0.6 is 0 Å². The van der Waals surface area contributed by atoms with Gasteiger partial charge in [0.25, 0.3) is 0 Å². The number of carbonyl (C=O) groups is 1. The molecular weight excluding hydrogens is 364 g/mol. The van der Waals surface area contributed by atoms with Gasteiger partial charge in [0.15, 0.2) is 0 Å². The first-order chi connectivity index (χ1) is 12.9. The monoisotopic (exact) mass is 390 g/mol. The molecule has 0 aliphatic carbocycles. The number of aromatic carboxylic acids is 1. The molecule has 0 bridgehead atoms. The Morgan fingerprint density at radius 1 is 1.07 bits per heavy atom.